The van der Waals surface area contributed by atoms with Crippen LogP contribution in [0.15, 0.2) is 18.2 Å². The molecule has 0 aliphatic heterocycles. The minimum absolute atomic E-state index is 0.738. The summed E-state index contributed by atoms with van der Waals surface area (Å²) in [6.45, 7) is 8.47. The van der Waals surface area contributed by atoms with Crippen molar-refractivity contribution in [2.24, 2.45) is 0 Å². The third-order valence-corrected chi connectivity index (χ3v) is 2.47. The smallest absolute Gasteiger partial charge is 0.242 e. The highest BCUT2D eigenvalue weighted by Crippen LogP contribution is 2.27. The van der Waals surface area contributed by atoms with E-state index in [9.17, 15) is 0 Å². The second-order valence-corrected chi connectivity index (χ2v) is 8.64. The standard InChI is InChI=1S/C10H17NOSi/c1-8-6-5-7-9(11)10(8)12-13(2,3)4/h5-7H,11H2,1-4H3. The molecule has 0 spiro atoms. The zero-order valence-electron chi connectivity index (χ0n) is 8.72. The fourth-order valence-corrected chi connectivity index (χ4v) is 2.01. The van der Waals surface area contributed by atoms with Crippen molar-refractivity contribution in [2.45, 2.75) is 26.6 Å². The molecule has 1 aromatic rings. The van der Waals surface area contributed by atoms with E-state index >= 15 is 0 Å². The van der Waals surface area contributed by atoms with Crippen molar-refractivity contribution in [1.82, 2.24) is 0 Å². The molecular weight excluding hydrogens is 178 g/mol. The van der Waals surface area contributed by atoms with Crippen molar-refractivity contribution >= 4 is 14.0 Å². The van der Waals surface area contributed by atoms with Crippen molar-refractivity contribution in [1.29, 1.82) is 0 Å². The van der Waals surface area contributed by atoms with E-state index in [0.717, 1.165) is 17.0 Å². The second kappa shape index (κ2) is 3.42. The zero-order chi connectivity index (χ0) is 10.1. The number of para-hydroxylation sites is 1. The van der Waals surface area contributed by atoms with Crippen LogP contribution in [0.1, 0.15) is 5.56 Å². The molecule has 0 aliphatic carbocycles. The van der Waals surface area contributed by atoms with Gasteiger partial charge in [0.05, 0.1) is 5.69 Å². The molecular formula is C10H17NOSi. The number of nitrogen functional groups attached to an aromatic ring is 1. The number of anilines is 1. The van der Waals surface area contributed by atoms with Crippen LogP contribution in [0.3, 0.4) is 0 Å². The Morgan fingerprint density at radius 2 is 1.85 bits per heavy atom. The first-order valence-corrected chi connectivity index (χ1v) is 7.85. The van der Waals surface area contributed by atoms with Crippen LogP contribution in [-0.2, 0) is 0 Å². The highest BCUT2D eigenvalue weighted by atomic mass is 28.4. The fraction of sp³-hybridized carbons (Fsp3) is 0.400. The lowest BCUT2D eigenvalue weighted by atomic mass is 10.2. The highest BCUT2D eigenvalue weighted by molar-refractivity contribution is 6.70. The summed E-state index contributed by atoms with van der Waals surface area (Å²) in [7, 11) is -1.54. The molecule has 0 fully saturated rings. The van der Waals surface area contributed by atoms with Gasteiger partial charge in [-0.2, -0.15) is 0 Å². The number of nitrogens with two attached hydrogens (primary N) is 1. The van der Waals surface area contributed by atoms with Gasteiger partial charge in [-0.05, 0) is 38.2 Å². The predicted octanol–water partition coefficient (Wildman–Crippen LogP) is 2.79. The van der Waals surface area contributed by atoms with Gasteiger partial charge in [-0.1, -0.05) is 12.1 Å². The summed E-state index contributed by atoms with van der Waals surface area (Å²) in [6.07, 6.45) is 0. The molecule has 0 heterocycles. The van der Waals surface area contributed by atoms with Gasteiger partial charge in [-0.3, -0.25) is 0 Å². The molecule has 13 heavy (non-hydrogen) atoms. The minimum atomic E-state index is -1.54. The van der Waals surface area contributed by atoms with Crippen molar-refractivity contribution in [2.75, 3.05) is 5.73 Å². The Hall–Kier alpha value is -0.963. The maximum absolute atomic E-state index is 5.88. The largest absolute Gasteiger partial charge is 0.543 e. The lowest BCUT2D eigenvalue weighted by Gasteiger charge is -2.22. The monoisotopic (exact) mass is 195 g/mol. The van der Waals surface area contributed by atoms with Crippen LogP contribution in [0.5, 0.6) is 5.75 Å². The lowest BCUT2D eigenvalue weighted by molar-refractivity contribution is 0.555. The van der Waals surface area contributed by atoms with Crippen molar-refractivity contribution in [3.8, 4) is 5.75 Å². The van der Waals surface area contributed by atoms with Gasteiger partial charge in [-0.25, -0.2) is 0 Å². The SMILES string of the molecule is Cc1cccc(N)c1O[Si](C)(C)C. The average Bonchev–Trinajstić information content (AvgIpc) is 1.95. The molecule has 0 saturated carbocycles. The Balaban J connectivity index is 3.00. The summed E-state index contributed by atoms with van der Waals surface area (Å²) in [5.41, 5.74) is 7.68. The quantitative estimate of drug-likeness (QED) is 0.582. The molecule has 0 bridgehead atoms. The summed E-state index contributed by atoms with van der Waals surface area (Å²) in [5.74, 6) is 0.863. The van der Waals surface area contributed by atoms with Crippen LogP contribution in [-0.4, -0.2) is 8.32 Å². The zero-order valence-corrected chi connectivity index (χ0v) is 9.72. The Bertz CT molecular complexity index is 284. The van der Waals surface area contributed by atoms with E-state index in [1.54, 1.807) is 0 Å². The summed E-state index contributed by atoms with van der Waals surface area (Å²) in [4.78, 5) is 0. The van der Waals surface area contributed by atoms with E-state index in [1.807, 2.05) is 25.1 Å². The molecule has 2 nitrogen and oxygen atoms in total. The molecule has 0 amide bonds. The van der Waals surface area contributed by atoms with Crippen molar-refractivity contribution in [3.63, 3.8) is 0 Å². The van der Waals surface area contributed by atoms with Crippen LogP contribution in [0, 0.1) is 6.92 Å². The first kappa shape index (κ1) is 10.1. The minimum Gasteiger partial charge on any atom is -0.543 e. The summed E-state index contributed by atoms with van der Waals surface area (Å²) < 4.78 is 5.88. The molecule has 0 radical (unpaired) electrons. The number of hydrogen-bond acceptors (Lipinski definition) is 2. The van der Waals surface area contributed by atoms with Gasteiger partial charge < -0.3 is 10.2 Å². The van der Waals surface area contributed by atoms with E-state index in [0.29, 0.717) is 0 Å². The first-order valence-electron chi connectivity index (χ1n) is 4.44. The normalized spacial score (nSPS) is 11.4. The van der Waals surface area contributed by atoms with Crippen LogP contribution in [0.4, 0.5) is 5.69 Å². The maximum Gasteiger partial charge on any atom is 0.242 e. The van der Waals surface area contributed by atoms with Gasteiger partial charge in [0.2, 0.25) is 8.32 Å². The highest BCUT2D eigenvalue weighted by Gasteiger charge is 2.18. The molecule has 1 rings (SSSR count). The molecule has 0 saturated heterocycles. The average molecular weight is 195 g/mol. The van der Waals surface area contributed by atoms with E-state index < -0.39 is 8.32 Å². The van der Waals surface area contributed by atoms with E-state index in [-0.39, 0.29) is 0 Å². The number of benzene rings is 1. The van der Waals surface area contributed by atoms with Gasteiger partial charge in [0, 0.05) is 0 Å². The Kier molecular flexibility index (Phi) is 2.66. The van der Waals surface area contributed by atoms with Gasteiger partial charge in [0.15, 0.2) is 0 Å². The number of aryl methyl sites for hydroxylation is 1. The van der Waals surface area contributed by atoms with Gasteiger partial charge in [-0.15, -0.1) is 0 Å². The fourth-order valence-electron chi connectivity index (χ4n) is 1.12. The predicted molar refractivity (Wildman–Crippen MR) is 59.6 cm³/mol. The topological polar surface area (TPSA) is 35.2 Å². The summed E-state index contributed by atoms with van der Waals surface area (Å²) in [5, 5.41) is 0. The van der Waals surface area contributed by atoms with Gasteiger partial charge in [0.1, 0.15) is 5.75 Å². The molecule has 0 aromatic heterocycles. The molecule has 3 heteroatoms. The van der Waals surface area contributed by atoms with Crippen LogP contribution < -0.4 is 10.2 Å². The Labute approximate surface area is 80.8 Å². The van der Waals surface area contributed by atoms with Crippen LogP contribution in [0.25, 0.3) is 0 Å². The van der Waals surface area contributed by atoms with E-state index in [4.69, 9.17) is 10.2 Å². The van der Waals surface area contributed by atoms with Gasteiger partial charge >= 0.3 is 0 Å². The van der Waals surface area contributed by atoms with Crippen molar-refractivity contribution in [3.05, 3.63) is 23.8 Å². The molecule has 0 atom stereocenters. The molecule has 72 valence electrons. The van der Waals surface area contributed by atoms with Crippen LogP contribution in [0.2, 0.25) is 19.6 Å². The molecule has 0 aliphatic rings. The maximum atomic E-state index is 5.88. The number of hydrogen-bond donors (Lipinski definition) is 1. The van der Waals surface area contributed by atoms with E-state index in [2.05, 4.69) is 19.6 Å². The molecule has 1 aromatic carbocycles. The third kappa shape index (κ3) is 2.77. The first-order chi connectivity index (χ1) is 5.90. The summed E-state index contributed by atoms with van der Waals surface area (Å²) >= 11 is 0. The molecule has 0 unspecified atom stereocenters. The van der Waals surface area contributed by atoms with Crippen LogP contribution >= 0.6 is 0 Å². The number of rotatable bonds is 2. The van der Waals surface area contributed by atoms with Gasteiger partial charge in [0.25, 0.3) is 0 Å². The Morgan fingerprint density at radius 1 is 1.23 bits per heavy atom. The van der Waals surface area contributed by atoms with E-state index in [1.165, 1.54) is 0 Å². The van der Waals surface area contributed by atoms with Crippen molar-refractivity contribution < 1.29 is 4.43 Å². The molecule has 2 N–H and O–H groups in total. The lowest BCUT2D eigenvalue weighted by Crippen LogP contribution is -2.30. The summed E-state index contributed by atoms with van der Waals surface area (Å²) in [6, 6.07) is 5.84. The second-order valence-electron chi connectivity index (χ2n) is 4.21. The Morgan fingerprint density at radius 3 is 2.31 bits per heavy atom. The third-order valence-electron chi connectivity index (χ3n) is 1.65.